The summed E-state index contributed by atoms with van der Waals surface area (Å²) in [6.07, 6.45) is 4.99. The maximum absolute atomic E-state index is 12.9. The molecule has 0 aromatic carbocycles. The third-order valence-corrected chi connectivity index (χ3v) is 4.89. The molecule has 0 radical (unpaired) electrons. The highest BCUT2D eigenvalue weighted by atomic mass is 32.1. The highest BCUT2D eigenvalue weighted by molar-refractivity contribution is 7.13. The molecule has 26 heavy (non-hydrogen) atoms. The number of nitrogens with zero attached hydrogens (tertiary/aromatic N) is 4. The van der Waals surface area contributed by atoms with Gasteiger partial charge in [0, 0.05) is 12.2 Å². The Bertz CT molecular complexity index is 1050. The minimum atomic E-state index is -0.202. The molecule has 7 heteroatoms. The molecule has 6 nitrogen and oxygen atoms in total. The molecule has 130 valence electrons. The Kier molecular flexibility index (Phi) is 4.22. The zero-order valence-electron chi connectivity index (χ0n) is 14.4. The number of pyridine rings is 2. The van der Waals surface area contributed by atoms with Crippen molar-refractivity contribution in [3.63, 3.8) is 0 Å². The fourth-order valence-electron chi connectivity index (χ4n) is 2.77. The zero-order chi connectivity index (χ0) is 18.1. The molecule has 0 spiro atoms. The van der Waals surface area contributed by atoms with Crippen LogP contribution in [0.1, 0.15) is 30.2 Å². The van der Waals surface area contributed by atoms with Gasteiger partial charge in [-0.15, -0.1) is 11.3 Å². The van der Waals surface area contributed by atoms with Crippen molar-refractivity contribution < 1.29 is 4.79 Å². The standard InChI is InChI=1S/C19H17N5OS/c1-12(2)24-18-15(11-21-24)14(9-16(23-18)17-6-4-8-26-17)19(25)22-13-5-3-7-20-10-13/h3-12H,1-2H3,(H,22,25). The second kappa shape index (κ2) is 6.68. The molecule has 0 fully saturated rings. The van der Waals surface area contributed by atoms with E-state index in [1.165, 1.54) is 0 Å². The van der Waals surface area contributed by atoms with Crippen LogP contribution in [-0.4, -0.2) is 25.7 Å². The van der Waals surface area contributed by atoms with Crippen molar-refractivity contribution in [2.75, 3.05) is 5.32 Å². The lowest BCUT2D eigenvalue weighted by Gasteiger charge is -2.10. The molecule has 0 saturated carbocycles. The van der Waals surface area contributed by atoms with Crippen molar-refractivity contribution in [2.24, 2.45) is 0 Å². The van der Waals surface area contributed by atoms with E-state index in [0.29, 0.717) is 16.9 Å². The Morgan fingerprint density at radius 1 is 1.23 bits per heavy atom. The minimum Gasteiger partial charge on any atom is -0.321 e. The SMILES string of the molecule is CC(C)n1ncc2c(C(=O)Nc3cccnc3)cc(-c3cccs3)nc21. The number of thiophene rings is 1. The van der Waals surface area contributed by atoms with Crippen LogP contribution in [0.5, 0.6) is 0 Å². The van der Waals surface area contributed by atoms with Crippen LogP contribution >= 0.6 is 11.3 Å². The number of hydrogen-bond donors (Lipinski definition) is 1. The van der Waals surface area contributed by atoms with Gasteiger partial charge < -0.3 is 5.32 Å². The van der Waals surface area contributed by atoms with Gasteiger partial charge in [-0.2, -0.15) is 5.10 Å². The highest BCUT2D eigenvalue weighted by Crippen LogP contribution is 2.29. The van der Waals surface area contributed by atoms with E-state index in [2.05, 4.69) is 15.4 Å². The zero-order valence-corrected chi connectivity index (χ0v) is 15.2. The molecule has 0 aliphatic rings. The average molecular weight is 363 g/mol. The van der Waals surface area contributed by atoms with E-state index in [9.17, 15) is 4.79 Å². The molecule has 1 N–H and O–H groups in total. The van der Waals surface area contributed by atoms with E-state index in [1.807, 2.05) is 42.1 Å². The molecular formula is C19H17N5OS. The average Bonchev–Trinajstić information content (AvgIpc) is 3.31. The van der Waals surface area contributed by atoms with Gasteiger partial charge in [-0.25, -0.2) is 9.67 Å². The predicted molar refractivity (Wildman–Crippen MR) is 103 cm³/mol. The summed E-state index contributed by atoms with van der Waals surface area (Å²) < 4.78 is 1.84. The van der Waals surface area contributed by atoms with Crippen molar-refractivity contribution >= 4 is 34.0 Å². The monoisotopic (exact) mass is 363 g/mol. The van der Waals surface area contributed by atoms with Crippen LogP contribution in [-0.2, 0) is 0 Å². The molecule has 0 atom stereocenters. The van der Waals surface area contributed by atoms with Crippen LogP contribution in [0, 0.1) is 0 Å². The van der Waals surface area contributed by atoms with Crippen LogP contribution in [0.25, 0.3) is 21.6 Å². The van der Waals surface area contributed by atoms with E-state index < -0.39 is 0 Å². The fraction of sp³-hybridized carbons (Fsp3) is 0.158. The van der Waals surface area contributed by atoms with Gasteiger partial charge in [0.25, 0.3) is 5.91 Å². The van der Waals surface area contributed by atoms with Crippen molar-refractivity contribution in [3.8, 4) is 10.6 Å². The van der Waals surface area contributed by atoms with E-state index in [-0.39, 0.29) is 11.9 Å². The van der Waals surface area contributed by atoms with Crippen LogP contribution in [0.2, 0.25) is 0 Å². The largest absolute Gasteiger partial charge is 0.321 e. The summed E-state index contributed by atoms with van der Waals surface area (Å²) in [5.41, 5.74) is 2.68. The van der Waals surface area contributed by atoms with Crippen LogP contribution in [0.3, 0.4) is 0 Å². The fourth-order valence-corrected chi connectivity index (χ4v) is 3.46. The van der Waals surface area contributed by atoms with E-state index in [4.69, 9.17) is 4.98 Å². The lowest BCUT2D eigenvalue weighted by molar-refractivity contribution is 0.102. The third kappa shape index (κ3) is 2.97. The Labute approximate surface area is 154 Å². The normalized spacial score (nSPS) is 11.2. The smallest absolute Gasteiger partial charge is 0.256 e. The van der Waals surface area contributed by atoms with Crippen LogP contribution in [0.15, 0.2) is 54.3 Å². The van der Waals surface area contributed by atoms with Gasteiger partial charge >= 0.3 is 0 Å². The number of anilines is 1. The predicted octanol–water partition coefficient (Wildman–Crippen LogP) is 4.39. The second-order valence-corrected chi connectivity index (χ2v) is 7.10. The van der Waals surface area contributed by atoms with Gasteiger partial charge in [0.2, 0.25) is 0 Å². The van der Waals surface area contributed by atoms with E-state index in [1.54, 1.807) is 42.1 Å². The maximum atomic E-state index is 12.9. The molecule has 0 bridgehead atoms. The molecule has 4 aromatic rings. The highest BCUT2D eigenvalue weighted by Gasteiger charge is 2.19. The minimum absolute atomic E-state index is 0.146. The van der Waals surface area contributed by atoms with E-state index in [0.717, 1.165) is 16.0 Å². The Balaban J connectivity index is 1.85. The topological polar surface area (TPSA) is 72.7 Å². The number of rotatable bonds is 4. The molecule has 1 amide bonds. The number of amides is 1. The molecule has 0 aliphatic heterocycles. The van der Waals surface area contributed by atoms with Gasteiger partial charge in [-0.1, -0.05) is 6.07 Å². The molecule has 4 aromatic heterocycles. The van der Waals surface area contributed by atoms with Gasteiger partial charge in [0.05, 0.1) is 39.6 Å². The molecule has 0 aliphatic carbocycles. The van der Waals surface area contributed by atoms with Crippen molar-refractivity contribution in [1.82, 2.24) is 19.7 Å². The first-order valence-corrected chi connectivity index (χ1v) is 9.15. The van der Waals surface area contributed by atoms with Crippen molar-refractivity contribution in [1.29, 1.82) is 0 Å². The quantitative estimate of drug-likeness (QED) is 0.584. The van der Waals surface area contributed by atoms with Gasteiger partial charge in [0.1, 0.15) is 0 Å². The van der Waals surface area contributed by atoms with Crippen molar-refractivity contribution in [2.45, 2.75) is 19.9 Å². The number of fused-ring (bicyclic) bond motifs is 1. The third-order valence-electron chi connectivity index (χ3n) is 3.99. The lowest BCUT2D eigenvalue weighted by atomic mass is 10.1. The summed E-state index contributed by atoms with van der Waals surface area (Å²) in [5.74, 6) is -0.202. The number of carbonyl (C=O) groups is 1. The number of hydrogen-bond acceptors (Lipinski definition) is 5. The Hall–Kier alpha value is -3.06. The number of carbonyl (C=O) groups excluding carboxylic acids is 1. The summed E-state index contributed by atoms with van der Waals surface area (Å²) in [5, 5.41) is 10.1. The summed E-state index contributed by atoms with van der Waals surface area (Å²) in [6.45, 7) is 4.09. The summed E-state index contributed by atoms with van der Waals surface area (Å²) in [4.78, 5) is 22.7. The molecule has 0 unspecified atom stereocenters. The molecule has 4 rings (SSSR count). The first-order valence-electron chi connectivity index (χ1n) is 8.27. The first kappa shape index (κ1) is 16.4. The number of nitrogens with one attached hydrogen (secondary N) is 1. The molecule has 0 saturated heterocycles. The summed E-state index contributed by atoms with van der Waals surface area (Å²) in [6, 6.07) is 9.53. The van der Waals surface area contributed by atoms with Crippen LogP contribution in [0.4, 0.5) is 5.69 Å². The van der Waals surface area contributed by atoms with E-state index >= 15 is 0 Å². The first-order chi connectivity index (χ1) is 12.6. The van der Waals surface area contributed by atoms with Gasteiger partial charge in [-0.3, -0.25) is 9.78 Å². The second-order valence-electron chi connectivity index (χ2n) is 6.15. The van der Waals surface area contributed by atoms with Crippen LogP contribution < -0.4 is 5.32 Å². The number of aromatic nitrogens is 4. The van der Waals surface area contributed by atoms with Gasteiger partial charge in [0.15, 0.2) is 5.65 Å². The molecule has 4 heterocycles. The molecular weight excluding hydrogens is 346 g/mol. The maximum Gasteiger partial charge on any atom is 0.256 e. The Morgan fingerprint density at radius 3 is 2.81 bits per heavy atom. The lowest BCUT2D eigenvalue weighted by Crippen LogP contribution is -2.13. The van der Waals surface area contributed by atoms with Gasteiger partial charge in [-0.05, 0) is 43.5 Å². The van der Waals surface area contributed by atoms with Crippen molar-refractivity contribution in [3.05, 3.63) is 59.9 Å². The summed E-state index contributed by atoms with van der Waals surface area (Å²) >= 11 is 1.59. The Morgan fingerprint density at radius 2 is 2.12 bits per heavy atom. The summed E-state index contributed by atoms with van der Waals surface area (Å²) in [7, 11) is 0.